The van der Waals surface area contributed by atoms with Crippen molar-refractivity contribution in [2.45, 2.75) is 6.92 Å². The normalized spacial score (nSPS) is 10.2. The first kappa shape index (κ1) is 13.2. The van der Waals surface area contributed by atoms with E-state index < -0.39 is 5.91 Å². The maximum Gasteiger partial charge on any atom is 0.253 e. The van der Waals surface area contributed by atoms with E-state index in [2.05, 4.69) is 10.3 Å². The van der Waals surface area contributed by atoms with E-state index in [9.17, 15) is 9.59 Å². The van der Waals surface area contributed by atoms with Crippen LogP contribution in [0.2, 0.25) is 0 Å². The van der Waals surface area contributed by atoms with Gasteiger partial charge in [-0.05, 0) is 30.5 Å². The van der Waals surface area contributed by atoms with Gasteiger partial charge >= 0.3 is 0 Å². The quantitative estimate of drug-likeness (QED) is 0.882. The molecule has 2 heterocycles. The number of pyridine rings is 1. The van der Waals surface area contributed by atoms with Gasteiger partial charge in [0.25, 0.3) is 5.91 Å². The Morgan fingerprint density at radius 3 is 2.74 bits per heavy atom. The molecule has 0 saturated carbocycles. The van der Waals surface area contributed by atoms with Crippen molar-refractivity contribution in [1.82, 2.24) is 10.3 Å². The second-order valence-electron chi connectivity index (χ2n) is 3.96. The lowest BCUT2D eigenvalue weighted by Gasteiger charge is -2.07. The van der Waals surface area contributed by atoms with E-state index in [1.54, 1.807) is 30.4 Å². The molecule has 2 amide bonds. The lowest BCUT2D eigenvalue weighted by Crippen LogP contribution is -2.33. The number of nitrogens with two attached hydrogens (primary N) is 1. The molecule has 2 rings (SSSR count). The number of hydrogen-bond acceptors (Lipinski definition) is 4. The molecule has 0 unspecified atom stereocenters. The van der Waals surface area contributed by atoms with Gasteiger partial charge in [0.2, 0.25) is 5.91 Å². The number of hydrogen-bond donors (Lipinski definition) is 2. The fourth-order valence-electron chi connectivity index (χ4n) is 1.63. The van der Waals surface area contributed by atoms with Crippen molar-refractivity contribution in [1.29, 1.82) is 0 Å². The van der Waals surface area contributed by atoms with Crippen LogP contribution in [0.5, 0.6) is 0 Å². The standard InChI is InChI=1S/C13H13N3O2S/c1-8-9(13(18)15-7-12(14)17)4-5-10(16-8)11-3-2-6-19-11/h2-6H,7H2,1H3,(H2,14,17)(H,15,18). The molecule has 5 nitrogen and oxygen atoms in total. The predicted octanol–water partition coefficient (Wildman–Crippen LogP) is 1.33. The number of aromatic nitrogens is 1. The summed E-state index contributed by atoms with van der Waals surface area (Å²) in [7, 11) is 0. The molecule has 0 saturated heterocycles. The molecule has 19 heavy (non-hydrogen) atoms. The molecule has 2 aromatic heterocycles. The van der Waals surface area contributed by atoms with Gasteiger partial charge < -0.3 is 11.1 Å². The highest BCUT2D eigenvalue weighted by molar-refractivity contribution is 7.13. The number of aryl methyl sites for hydroxylation is 1. The first-order valence-electron chi connectivity index (χ1n) is 5.66. The van der Waals surface area contributed by atoms with Crippen LogP contribution in [0.15, 0.2) is 29.6 Å². The number of carbonyl (C=O) groups is 2. The van der Waals surface area contributed by atoms with E-state index in [0.717, 1.165) is 10.6 Å². The van der Waals surface area contributed by atoms with E-state index >= 15 is 0 Å². The Balaban J connectivity index is 2.20. The highest BCUT2D eigenvalue weighted by Gasteiger charge is 2.12. The predicted molar refractivity (Wildman–Crippen MR) is 73.8 cm³/mol. The van der Waals surface area contributed by atoms with Crippen LogP contribution in [0.1, 0.15) is 16.1 Å². The second-order valence-corrected chi connectivity index (χ2v) is 4.90. The topological polar surface area (TPSA) is 85.1 Å². The zero-order valence-electron chi connectivity index (χ0n) is 10.3. The molecule has 6 heteroatoms. The Morgan fingerprint density at radius 2 is 2.16 bits per heavy atom. The number of thiophene rings is 1. The van der Waals surface area contributed by atoms with Crippen LogP contribution in [0.3, 0.4) is 0 Å². The van der Waals surface area contributed by atoms with Crippen molar-refractivity contribution in [3.05, 3.63) is 40.9 Å². The minimum atomic E-state index is -0.575. The summed E-state index contributed by atoms with van der Waals surface area (Å²) < 4.78 is 0. The average molecular weight is 275 g/mol. The molecule has 0 radical (unpaired) electrons. The van der Waals surface area contributed by atoms with Crippen LogP contribution in [-0.4, -0.2) is 23.3 Å². The van der Waals surface area contributed by atoms with Crippen molar-refractivity contribution in [2.24, 2.45) is 5.73 Å². The summed E-state index contributed by atoms with van der Waals surface area (Å²) in [6.45, 7) is 1.58. The SMILES string of the molecule is Cc1nc(-c2cccs2)ccc1C(=O)NCC(N)=O. The number of amides is 2. The smallest absolute Gasteiger partial charge is 0.253 e. The van der Waals surface area contributed by atoms with Gasteiger partial charge in [0, 0.05) is 0 Å². The Bertz CT molecular complexity index is 608. The monoisotopic (exact) mass is 275 g/mol. The zero-order valence-corrected chi connectivity index (χ0v) is 11.2. The van der Waals surface area contributed by atoms with Crippen LogP contribution in [0.25, 0.3) is 10.6 Å². The molecular weight excluding hydrogens is 262 g/mol. The highest BCUT2D eigenvalue weighted by atomic mass is 32.1. The molecule has 0 aliphatic carbocycles. The first-order valence-corrected chi connectivity index (χ1v) is 6.54. The van der Waals surface area contributed by atoms with Gasteiger partial charge in [-0.3, -0.25) is 14.6 Å². The number of carbonyl (C=O) groups excluding carboxylic acids is 2. The molecule has 3 N–H and O–H groups in total. The number of primary amides is 1. The molecule has 0 spiro atoms. The molecule has 0 aliphatic rings. The molecule has 0 bridgehead atoms. The number of rotatable bonds is 4. The van der Waals surface area contributed by atoms with Gasteiger partial charge in [-0.2, -0.15) is 0 Å². The van der Waals surface area contributed by atoms with Crippen molar-refractivity contribution in [3.63, 3.8) is 0 Å². The van der Waals surface area contributed by atoms with E-state index in [1.165, 1.54) is 0 Å². The van der Waals surface area contributed by atoms with Crippen LogP contribution in [0.4, 0.5) is 0 Å². The van der Waals surface area contributed by atoms with Gasteiger partial charge in [0.05, 0.1) is 28.4 Å². The lowest BCUT2D eigenvalue weighted by molar-refractivity contribution is -0.117. The van der Waals surface area contributed by atoms with E-state index in [4.69, 9.17) is 5.73 Å². The van der Waals surface area contributed by atoms with Crippen molar-refractivity contribution in [2.75, 3.05) is 6.54 Å². The Morgan fingerprint density at radius 1 is 1.37 bits per heavy atom. The Hall–Kier alpha value is -2.21. The summed E-state index contributed by atoms with van der Waals surface area (Å²) in [5.41, 5.74) is 6.87. The van der Waals surface area contributed by atoms with Crippen LogP contribution < -0.4 is 11.1 Å². The second kappa shape index (κ2) is 5.62. The molecular formula is C13H13N3O2S. The van der Waals surface area contributed by atoms with Crippen molar-refractivity contribution >= 4 is 23.2 Å². The molecule has 98 valence electrons. The van der Waals surface area contributed by atoms with Crippen LogP contribution in [-0.2, 0) is 4.79 Å². The average Bonchev–Trinajstić information content (AvgIpc) is 2.89. The van der Waals surface area contributed by atoms with E-state index in [1.807, 2.05) is 17.5 Å². The van der Waals surface area contributed by atoms with Gasteiger partial charge in [-0.1, -0.05) is 6.07 Å². The maximum absolute atomic E-state index is 11.8. The van der Waals surface area contributed by atoms with Crippen LogP contribution in [0, 0.1) is 6.92 Å². The van der Waals surface area contributed by atoms with Crippen molar-refractivity contribution in [3.8, 4) is 10.6 Å². The van der Waals surface area contributed by atoms with E-state index in [-0.39, 0.29) is 12.5 Å². The summed E-state index contributed by atoms with van der Waals surface area (Å²) >= 11 is 1.59. The van der Waals surface area contributed by atoms with Crippen LogP contribution >= 0.6 is 11.3 Å². The minimum Gasteiger partial charge on any atom is -0.368 e. The van der Waals surface area contributed by atoms with E-state index in [0.29, 0.717) is 11.3 Å². The summed E-state index contributed by atoms with van der Waals surface area (Å²) in [5, 5.41) is 4.41. The largest absolute Gasteiger partial charge is 0.368 e. The summed E-state index contributed by atoms with van der Waals surface area (Å²) in [6, 6.07) is 7.41. The maximum atomic E-state index is 11.8. The Labute approximate surface area is 114 Å². The molecule has 0 aromatic carbocycles. The molecule has 0 atom stereocenters. The molecule has 0 aliphatic heterocycles. The lowest BCUT2D eigenvalue weighted by atomic mass is 10.1. The Kier molecular flexibility index (Phi) is 3.91. The summed E-state index contributed by atoms with van der Waals surface area (Å²) in [5.74, 6) is -0.921. The highest BCUT2D eigenvalue weighted by Crippen LogP contribution is 2.23. The fourth-order valence-corrected chi connectivity index (χ4v) is 2.32. The van der Waals surface area contributed by atoms with Gasteiger partial charge in [0.15, 0.2) is 0 Å². The summed E-state index contributed by atoms with van der Waals surface area (Å²) in [6.07, 6.45) is 0. The number of nitrogens with one attached hydrogen (secondary N) is 1. The first-order chi connectivity index (χ1) is 9.08. The van der Waals surface area contributed by atoms with Gasteiger partial charge in [-0.15, -0.1) is 11.3 Å². The third-order valence-electron chi connectivity index (χ3n) is 2.53. The van der Waals surface area contributed by atoms with Gasteiger partial charge in [0.1, 0.15) is 0 Å². The fraction of sp³-hybridized carbons (Fsp3) is 0.154. The number of nitrogens with zero attached hydrogens (tertiary/aromatic N) is 1. The molecule has 0 fully saturated rings. The van der Waals surface area contributed by atoms with Crippen molar-refractivity contribution < 1.29 is 9.59 Å². The van der Waals surface area contributed by atoms with Gasteiger partial charge in [-0.25, -0.2) is 0 Å². The molecule has 2 aromatic rings. The summed E-state index contributed by atoms with van der Waals surface area (Å²) in [4.78, 5) is 27.9. The zero-order chi connectivity index (χ0) is 13.8. The third-order valence-corrected chi connectivity index (χ3v) is 3.42. The minimum absolute atomic E-state index is 0.176. The third kappa shape index (κ3) is 3.17.